The van der Waals surface area contributed by atoms with Gasteiger partial charge in [0.2, 0.25) is 0 Å². The van der Waals surface area contributed by atoms with Crippen LogP contribution in [0.5, 0.6) is 0 Å². The van der Waals surface area contributed by atoms with Gasteiger partial charge in [-0.15, -0.1) is 0 Å². The second kappa shape index (κ2) is 7.13. The molecule has 4 nitrogen and oxygen atoms in total. The van der Waals surface area contributed by atoms with Crippen molar-refractivity contribution in [3.05, 3.63) is 41.8 Å². The van der Waals surface area contributed by atoms with Crippen LogP contribution in [0.1, 0.15) is 18.4 Å². The molecule has 5 heteroatoms. The van der Waals surface area contributed by atoms with Gasteiger partial charge in [-0.3, -0.25) is 9.78 Å². The lowest BCUT2D eigenvalue weighted by molar-refractivity contribution is -0.140. The van der Waals surface area contributed by atoms with Crippen LogP contribution >= 0.6 is 0 Å². The van der Waals surface area contributed by atoms with Crippen LogP contribution in [0.2, 0.25) is 0 Å². The van der Waals surface area contributed by atoms with Gasteiger partial charge in [-0.2, -0.15) is 0 Å². The van der Waals surface area contributed by atoms with Crippen LogP contribution in [0.15, 0.2) is 30.5 Å². The number of carbonyl (C=O) groups is 1. The maximum absolute atomic E-state index is 13.7. The summed E-state index contributed by atoms with van der Waals surface area (Å²) in [4.78, 5) is 17.4. The second-order valence-electron chi connectivity index (χ2n) is 5.02. The van der Waals surface area contributed by atoms with E-state index in [1.165, 1.54) is 13.2 Å². The summed E-state index contributed by atoms with van der Waals surface area (Å²) in [5.74, 6) is -0.451. The van der Waals surface area contributed by atoms with Crippen molar-refractivity contribution in [2.45, 2.75) is 19.4 Å². The monoisotopic (exact) mass is 290 g/mol. The number of benzene rings is 1. The quantitative estimate of drug-likeness (QED) is 0.767. The average Bonchev–Trinajstić information content (AvgIpc) is 2.50. The summed E-state index contributed by atoms with van der Waals surface area (Å²) in [5.41, 5.74) is 1.67. The molecule has 0 saturated heterocycles. The molecule has 1 aromatic heterocycles. The Hall–Kier alpha value is -2.01. The van der Waals surface area contributed by atoms with Crippen LogP contribution in [0.3, 0.4) is 0 Å². The highest BCUT2D eigenvalue weighted by Gasteiger charge is 2.09. The average molecular weight is 290 g/mol. The fourth-order valence-corrected chi connectivity index (χ4v) is 2.29. The largest absolute Gasteiger partial charge is 0.469 e. The smallest absolute Gasteiger partial charge is 0.305 e. The molecule has 0 bridgehead atoms. The Morgan fingerprint density at radius 2 is 2.19 bits per heavy atom. The first kappa shape index (κ1) is 15.4. The number of hydrogen-bond donors (Lipinski definition) is 0. The van der Waals surface area contributed by atoms with Gasteiger partial charge in [-0.05, 0) is 43.8 Å². The summed E-state index contributed by atoms with van der Waals surface area (Å²) in [7, 11) is 3.36. The van der Waals surface area contributed by atoms with Gasteiger partial charge < -0.3 is 9.64 Å². The number of aromatic nitrogens is 1. The first-order chi connectivity index (χ1) is 10.1. The molecule has 2 aromatic rings. The summed E-state index contributed by atoms with van der Waals surface area (Å²) < 4.78 is 18.3. The summed E-state index contributed by atoms with van der Waals surface area (Å²) in [6.45, 7) is 1.43. The molecule has 112 valence electrons. The fourth-order valence-electron chi connectivity index (χ4n) is 2.29. The number of halogens is 1. The minimum absolute atomic E-state index is 0.197. The maximum Gasteiger partial charge on any atom is 0.305 e. The molecule has 0 fully saturated rings. The highest BCUT2D eigenvalue weighted by Crippen LogP contribution is 2.20. The van der Waals surface area contributed by atoms with Gasteiger partial charge in [0.25, 0.3) is 0 Å². The molecule has 2 rings (SSSR count). The molecule has 1 heterocycles. The van der Waals surface area contributed by atoms with Crippen molar-refractivity contribution < 1.29 is 13.9 Å². The molecule has 0 N–H and O–H groups in total. The molecule has 0 aliphatic carbocycles. The third-order valence-electron chi connectivity index (χ3n) is 3.39. The third kappa shape index (κ3) is 3.98. The molecule has 0 unspecified atom stereocenters. The van der Waals surface area contributed by atoms with Gasteiger partial charge in [-0.1, -0.05) is 6.07 Å². The van der Waals surface area contributed by atoms with Crippen molar-refractivity contribution >= 4 is 16.9 Å². The van der Waals surface area contributed by atoms with Gasteiger partial charge in [-0.25, -0.2) is 4.39 Å². The summed E-state index contributed by atoms with van der Waals surface area (Å²) in [5, 5.41) is 0.540. The first-order valence-corrected chi connectivity index (χ1v) is 6.89. The zero-order chi connectivity index (χ0) is 15.2. The van der Waals surface area contributed by atoms with Crippen LogP contribution < -0.4 is 0 Å². The van der Waals surface area contributed by atoms with E-state index in [0.29, 0.717) is 23.9 Å². The van der Waals surface area contributed by atoms with Crippen LogP contribution in [-0.4, -0.2) is 36.6 Å². The van der Waals surface area contributed by atoms with E-state index in [1.54, 1.807) is 24.4 Å². The van der Waals surface area contributed by atoms with Gasteiger partial charge in [0.1, 0.15) is 5.82 Å². The van der Waals surface area contributed by atoms with Crippen molar-refractivity contribution in [3.63, 3.8) is 0 Å². The normalized spacial score (nSPS) is 11.0. The van der Waals surface area contributed by atoms with E-state index in [4.69, 9.17) is 0 Å². The van der Waals surface area contributed by atoms with Crippen molar-refractivity contribution in [1.82, 2.24) is 9.88 Å². The lowest BCUT2D eigenvalue weighted by Crippen LogP contribution is -2.20. The van der Waals surface area contributed by atoms with Crippen molar-refractivity contribution in [1.29, 1.82) is 0 Å². The summed E-state index contributed by atoms with van der Waals surface area (Å²) >= 11 is 0. The molecule has 0 aliphatic heterocycles. The van der Waals surface area contributed by atoms with Crippen molar-refractivity contribution in [3.8, 4) is 0 Å². The number of rotatable bonds is 6. The zero-order valence-corrected chi connectivity index (χ0v) is 12.3. The zero-order valence-electron chi connectivity index (χ0n) is 12.3. The molecule has 1 aromatic carbocycles. The Bertz CT molecular complexity index is 631. The van der Waals surface area contributed by atoms with E-state index in [2.05, 4.69) is 14.6 Å². The number of carbonyl (C=O) groups excluding carboxylic acids is 1. The number of nitrogens with zero attached hydrogens (tertiary/aromatic N) is 2. The maximum atomic E-state index is 13.7. The SMILES string of the molecule is COC(=O)CCCN(C)Cc1ccc(F)c2cccnc12. The Morgan fingerprint density at radius 1 is 1.38 bits per heavy atom. The molecule has 21 heavy (non-hydrogen) atoms. The van der Waals surface area contributed by atoms with Crippen molar-refractivity contribution in [2.75, 3.05) is 20.7 Å². The van der Waals surface area contributed by atoms with E-state index in [9.17, 15) is 9.18 Å². The lowest BCUT2D eigenvalue weighted by atomic mass is 10.1. The Kier molecular flexibility index (Phi) is 5.22. The van der Waals surface area contributed by atoms with E-state index < -0.39 is 0 Å². The minimum Gasteiger partial charge on any atom is -0.469 e. The summed E-state index contributed by atoms with van der Waals surface area (Å²) in [6, 6.07) is 6.71. The Morgan fingerprint density at radius 3 is 2.95 bits per heavy atom. The fraction of sp³-hybridized carbons (Fsp3) is 0.375. The Balaban J connectivity index is 2.03. The third-order valence-corrected chi connectivity index (χ3v) is 3.39. The number of pyridine rings is 1. The predicted octanol–water partition coefficient (Wildman–Crippen LogP) is 2.76. The van der Waals surface area contributed by atoms with Crippen LogP contribution in [-0.2, 0) is 16.1 Å². The summed E-state index contributed by atoms with van der Waals surface area (Å²) in [6.07, 6.45) is 2.81. The molecule has 0 amide bonds. The van der Waals surface area contributed by atoms with Gasteiger partial charge in [0, 0.05) is 24.5 Å². The Labute approximate surface area is 123 Å². The minimum atomic E-state index is -0.254. The van der Waals surface area contributed by atoms with Gasteiger partial charge >= 0.3 is 5.97 Å². The number of hydrogen-bond acceptors (Lipinski definition) is 4. The van der Waals surface area contributed by atoms with E-state index >= 15 is 0 Å². The molecular formula is C16H19FN2O2. The van der Waals surface area contributed by atoms with E-state index in [0.717, 1.165) is 18.5 Å². The van der Waals surface area contributed by atoms with E-state index in [-0.39, 0.29) is 11.8 Å². The van der Waals surface area contributed by atoms with Crippen LogP contribution in [0.4, 0.5) is 4.39 Å². The molecule has 0 aliphatic rings. The lowest BCUT2D eigenvalue weighted by Gasteiger charge is -2.17. The number of fused-ring (bicyclic) bond motifs is 1. The highest BCUT2D eigenvalue weighted by molar-refractivity contribution is 5.82. The molecular weight excluding hydrogens is 271 g/mol. The number of methoxy groups -OCH3 is 1. The number of ether oxygens (including phenoxy) is 1. The first-order valence-electron chi connectivity index (χ1n) is 6.89. The molecule has 0 radical (unpaired) electrons. The van der Waals surface area contributed by atoms with Gasteiger partial charge in [0.15, 0.2) is 0 Å². The highest BCUT2D eigenvalue weighted by atomic mass is 19.1. The predicted molar refractivity (Wildman–Crippen MR) is 79.3 cm³/mol. The van der Waals surface area contributed by atoms with Gasteiger partial charge in [0.05, 0.1) is 12.6 Å². The number of esters is 1. The standard InChI is InChI=1S/C16H19FN2O2/c1-19(10-4-6-15(20)21-2)11-12-7-8-14(17)13-5-3-9-18-16(12)13/h3,5,7-9H,4,6,10-11H2,1-2H3. The molecule has 0 atom stereocenters. The molecule has 0 spiro atoms. The van der Waals surface area contributed by atoms with Crippen LogP contribution in [0.25, 0.3) is 10.9 Å². The van der Waals surface area contributed by atoms with Crippen LogP contribution in [0, 0.1) is 5.82 Å². The topological polar surface area (TPSA) is 42.4 Å². The second-order valence-corrected chi connectivity index (χ2v) is 5.02. The van der Waals surface area contributed by atoms with Crippen molar-refractivity contribution in [2.24, 2.45) is 0 Å². The van der Waals surface area contributed by atoms with E-state index in [1.807, 2.05) is 7.05 Å². The molecule has 0 saturated carbocycles.